The topological polar surface area (TPSA) is 76.1 Å². The van der Waals surface area contributed by atoms with Crippen molar-refractivity contribution in [3.63, 3.8) is 0 Å². The van der Waals surface area contributed by atoms with Crippen LogP contribution < -0.4 is 4.74 Å². The van der Waals surface area contributed by atoms with E-state index in [1.807, 2.05) is 0 Å². The van der Waals surface area contributed by atoms with Crippen molar-refractivity contribution >= 4 is 35.1 Å². The SMILES string of the molecule is COc1c(Cl)cc(C(=O)N2CCO[C@@H](C(=O)O)C2)cc1Cl. The molecule has 114 valence electrons. The molecular weight excluding hydrogens is 321 g/mol. The van der Waals surface area contributed by atoms with Gasteiger partial charge in [0.25, 0.3) is 5.91 Å². The Morgan fingerprint density at radius 3 is 2.52 bits per heavy atom. The van der Waals surface area contributed by atoms with Crippen LogP contribution in [0.15, 0.2) is 12.1 Å². The van der Waals surface area contributed by atoms with E-state index in [4.69, 9.17) is 37.8 Å². The monoisotopic (exact) mass is 333 g/mol. The number of methoxy groups -OCH3 is 1. The number of hydrogen-bond donors (Lipinski definition) is 1. The predicted molar refractivity (Wildman–Crippen MR) is 76.3 cm³/mol. The molecule has 1 aromatic rings. The van der Waals surface area contributed by atoms with Gasteiger partial charge in [-0.3, -0.25) is 4.79 Å². The second kappa shape index (κ2) is 6.51. The van der Waals surface area contributed by atoms with Gasteiger partial charge in [-0.2, -0.15) is 0 Å². The molecule has 1 heterocycles. The molecule has 6 nitrogen and oxygen atoms in total. The Bertz CT molecular complexity index is 555. The van der Waals surface area contributed by atoms with Crippen LogP contribution in [0.1, 0.15) is 10.4 Å². The summed E-state index contributed by atoms with van der Waals surface area (Å²) in [5.41, 5.74) is 0.275. The molecule has 8 heteroatoms. The summed E-state index contributed by atoms with van der Waals surface area (Å²) in [6.45, 7) is 0.458. The number of hydrogen-bond acceptors (Lipinski definition) is 4. The molecule has 2 rings (SSSR count). The summed E-state index contributed by atoms with van der Waals surface area (Å²) in [6.07, 6.45) is -1.02. The fourth-order valence-corrected chi connectivity index (χ4v) is 2.69. The molecule has 21 heavy (non-hydrogen) atoms. The Kier molecular flexibility index (Phi) is 4.92. The van der Waals surface area contributed by atoms with Crippen LogP contribution in [0.5, 0.6) is 5.75 Å². The Morgan fingerprint density at radius 2 is 2.00 bits per heavy atom. The molecule has 1 saturated heterocycles. The number of ether oxygens (including phenoxy) is 2. The number of nitrogens with zero attached hydrogens (tertiary/aromatic N) is 1. The number of carboxylic acids is 1. The van der Waals surface area contributed by atoms with Crippen LogP contribution in [-0.2, 0) is 9.53 Å². The Morgan fingerprint density at radius 1 is 1.38 bits per heavy atom. The third-order valence-electron chi connectivity index (χ3n) is 3.08. The molecule has 1 aliphatic heterocycles. The Labute approximate surface area is 131 Å². The molecule has 0 aromatic heterocycles. The van der Waals surface area contributed by atoms with E-state index in [0.29, 0.717) is 12.3 Å². The number of benzene rings is 1. The van der Waals surface area contributed by atoms with Crippen LogP contribution >= 0.6 is 23.2 Å². The van der Waals surface area contributed by atoms with Crippen LogP contribution in [0, 0.1) is 0 Å². The van der Waals surface area contributed by atoms with Crippen LogP contribution in [0.2, 0.25) is 10.0 Å². The van der Waals surface area contributed by atoms with Gasteiger partial charge in [0, 0.05) is 12.1 Å². The number of rotatable bonds is 3. The third kappa shape index (κ3) is 3.40. The minimum atomic E-state index is -1.10. The van der Waals surface area contributed by atoms with Crippen LogP contribution in [0.25, 0.3) is 0 Å². The molecule has 0 aliphatic carbocycles. The second-order valence-corrected chi connectivity index (χ2v) is 5.24. The normalized spacial score (nSPS) is 18.4. The van der Waals surface area contributed by atoms with E-state index in [1.54, 1.807) is 0 Å². The zero-order chi connectivity index (χ0) is 15.6. The third-order valence-corrected chi connectivity index (χ3v) is 3.64. The minimum Gasteiger partial charge on any atom is -0.494 e. The van der Waals surface area contributed by atoms with E-state index < -0.39 is 12.1 Å². The van der Waals surface area contributed by atoms with E-state index in [2.05, 4.69) is 0 Å². The Hall–Kier alpha value is -1.50. The number of aliphatic carboxylic acids is 1. The average molecular weight is 334 g/mol. The van der Waals surface area contributed by atoms with E-state index in [1.165, 1.54) is 24.1 Å². The standard InChI is InChI=1S/C13H13Cl2NO5/c1-20-11-8(14)4-7(5-9(11)15)12(17)16-2-3-21-10(6-16)13(18)19/h4-5,10H,2-3,6H2,1H3,(H,18,19)/t10-/m1/s1. The lowest BCUT2D eigenvalue weighted by molar-refractivity contribution is -0.154. The summed E-state index contributed by atoms with van der Waals surface area (Å²) in [7, 11) is 1.42. The van der Waals surface area contributed by atoms with Crippen molar-refractivity contribution in [1.29, 1.82) is 0 Å². The van der Waals surface area contributed by atoms with Crippen LogP contribution in [0.4, 0.5) is 0 Å². The summed E-state index contributed by atoms with van der Waals surface area (Å²) in [6, 6.07) is 2.89. The van der Waals surface area contributed by atoms with E-state index >= 15 is 0 Å². The van der Waals surface area contributed by atoms with Crippen molar-refractivity contribution in [3.05, 3.63) is 27.7 Å². The molecule has 1 fully saturated rings. The van der Waals surface area contributed by atoms with Crippen molar-refractivity contribution in [2.75, 3.05) is 26.8 Å². The number of carbonyl (C=O) groups is 2. The van der Waals surface area contributed by atoms with Crippen molar-refractivity contribution in [3.8, 4) is 5.75 Å². The quantitative estimate of drug-likeness (QED) is 0.914. The van der Waals surface area contributed by atoms with Gasteiger partial charge in [0.1, 0.15) is 0 Å². The van der Waals surface area contributed by atoms with Crippen LogP contribution in [-0.4, -0.2) is 54.8 Å². The minimum absolute atomic E-state index is 0.0184. The summed E-state index contributed by atoms with van der Waals surface area (Å²) in [4.78, 5) is 24.7. The highest BCUT2D eigenvalue weighted by Gasteiger charge is 2.30. The first-order chi connectivity index (χ1) is 9.93. The van der Waals surface area contributed by atoms with E-state index in [0.717, 1.165) is 0 Å². The molecule has 1 amide bonds. The van der Waals surface area contributed by atoms with Crippen molar-refractivity contribution in [1.82, 2.24) is 4.90 Å². The van der Waals surface area contributed by atoms with E-state index in [9.17, 15) is 9.59 Å². The van der Waals surface area contributed by atoms with Gasteiger partial charge >= 0.3 is 5.97 Å². The average Bonchev–Trinajstić information content (AvgIpc) is 2.46. The lowest BCUT2D eigenvalue weighted by Crippen LogP contribution is -2.48. The van der Waals surface area contributed by atoms with Crippen LogP contribution in [0.3, 0.4) is 0 Å². The zero-order valence-electron chi connectivity index (χ0n) is 11.1. The van der Waals surface area contributed by atoms with Gasteiger partial charge < -0.3 is 19.5 Å². The summed E-state index contributed by atoms with van der Waals surface area (Å²) >= 11 is 12.0. The fourth-order valence-electron chi connectivity index (χ4n) is 2.04. The number of amides is 1. The van der Waals surface area contributed by atoms with Crippen molar-refractivity contribution < 1.29 is 24.2 Å². The van der Waals surface area contributed by atoms with Gasteiger partial charge in [0.2, 0.25) is 0 Å². The Balaban J connectivity index is 2.22. The predicted octanol–water partition coefficient (Wildman–Crippen LogP) is 1.93. The first kappa shape index (κ1) is 15.9. The number of carbonyl (C=O) groups excluding carboxylic acids is 1. The maximum Gasteiger partial charge on any atom is 0.334 e. The molecule has 1 atom stereocenters. The molecular formula is C13H13Cl2NO5. The summed E-state index contributed by atoms with van der Waals surface area (Å²) in [5, 5.41) is 9.38. The summed E-state index contributed by atoms with van der Waals surface area (Å²) in [5.74, 6) is -1.16. The number of morpholine rings is 1. The largest absolute Gasteiger partial charge is 0.494 e. The zero-order valence-corrected chi connectivity index (χ0v) is 12.6. The van der Waals surface area contributed by atoms with Crippen molar-refractivity contribution in [2.24, 2.45) is 0 Å². The first-order valence-electron chi connectivity index (χ1n) is 6.10. The lowest BCUT2D eigenvalue weighted by atomic mass is 10.1. The molecule has 0 spiro atoms. The highest BCUT2D eigenvalue weighted by atomic mass is 35.5. The van der Waals surface area contributed by atoms with Gasteiger partial charge in [-0.15, -0.1) is 0 Å². The maximum atomic E-state index is 12.4. The maximum absolute atomic E-state index is 12.4. The van der Waals surface area contributed by atoms with Gasteiger partial charge in [0.05, 0.1) is 30.3 Å². The molecule has 1 aromatic carbocycles. The highest BCUT2D eigenvalue weighted by molar-refractivity contribution is 6.37. The number of carboxylic acid groups (broad SMARTS) is 1. The first-order valence-corrected chi connectivity index (χ1v) is 6.86. The smallest absolute Gasteiger partial charge is 0.334 e. The molecule has 0 unspecified atom stereocenters. The van der Waals surface area contributed by atoms with Gasteiger partial charge in [-0.1, -0.05) is 23.2 Å². The summed E-state index contributed by atoms with van der Waals surface area (Å²) < 4.78 is 10.1. The molecule has 0 bridgehead atoms. The second-order valence-electron chi connectivity index (χ2n) is 4.42. The molecule has 0 saturated carbocycles. The fraction of sp³-hybridized carbons (Fsp3) is 0.385. The lowest BCUT2D eigenvalue weighted by Gasteiger charge is -2.31. The van der Waals surface area contributed by atoms with Gasteiger partial charge in [-0.25, -0.2) is 4.79 Å². The molecule has 1 N–H and O–H groups in total. The van der Waals surface area contributed by atoms with E-state index in [-0.39, 0.29) is 34.7 Å². The molecule has 1 aliphatic rings. The van der Waals surface area contributed by atoms with Gasteiger partial charge in [0.15, 0.2) is 11.9 Å². The molecule has 0 radical (unpaired) electrons. The van der Waals surface area contributed by atoms with Crippen molar-refractivity contribution in [2.45, 2.75) is 6.10 Å². The highest BCUT2D eigenvalue weighted by Crippen LogP contribution is 2.34. The van der Waals surface area contributed by atoms with Gasteiger partial charge in [-0.05, 0) is 12.1 Å². The number of halogens is 2.